The fourth-order valence-corrected chi connectivity index (χ4v) is 4.57. The van der Waals surface area contributed by atoms with E-state index in [4.69, 9.17) is 0 Å². The average molecular weight is 519 g/mol. The fraction of sp³-hybridized carbons (Fsp3) is 0.481. The third-order valence-corrected chi connectivity index (χ3v) is 6.41. The molecule has 0 unspecified atom stereocenters. The third kappa shape index (κ3) is 8.54. The zero-order valence-electron chi connectivity index (χ0n) is 19.9. The van der Waals surface area contributed by atoms with Gasteiger partial charge in [0.1, 0.15) is 0 Å². The summed E-state index contributed by atoms with van der Waals surface area (Å²) in [5, 5.41) is 0. The highest BCUT2D eigenvalue weighted by molar-refractivity contribution is 5.32. The minimum atomic E-state index is -5.32. The Labute approximate surface area is 206 Å². The molecule has 1 saturated carbocycles. The maximum atomic E-state index is 14.3. The molecule has 1 aliphatic rings. The molecule has 0 N–H and O–H groups in total. The van der Waals surface area contributed by atoms with Crippen LogP contribution in [0, 0.1) is 17.6 Å². The second-order valence-corrected chi connectivity index (χ2v) is 9.14. The van der Waals surface area contributed by atoms with E-state index in [0.717, 1.165) is 30.7 Å². The highest BCUT2D eigenvalue weighted by Crippen LogP contribution is 2.38. The largest absolute Gasteiger partial charge is 0.573 e. The zero-order valence-corrected chi connectivity index (χ0v) is 19.9. The van der Waals surface area contributed by atoms with Gasteiger partial charge in [-0.3, -0.25) is 0 Å². The van der Waals surface area contributed by atoms with Gasteiger partial charge >= 0.3 is 12.5 Å². The van der Waals surface area contributed by atoms with E-state index in [1.807, 2.05) is 19.1 Å². The second-order valence-electron chi connectivity index (χ2n) is 9.14. The Bertz CT molecular complexity index is 985. The van der Waals surface area contributed by atoms with Crippen LogP contribution >= 0.6 is 0 Å². The Morgan fingerprint density at radius 1 is 0.889 bits per heavy atom. The first-order chi connectivity index (χ1) is 17.0. The maximum absolute atomic E-state index is 14.3. The van der Waals surface area contributed by atoms with Crippen LogP contribution in [0.1, 0.15) is 68.1 Å². The molecule has 2 aromatic carbocycles. The van der Waals surface area contributed by atoms with Crippen molar-refractivity contribution < 1.29 is 40.2 Å². The lowest BCUT2D eigenvalue weighted by Gasteiger charge is -2.28. The van der Waals surface area contributed by atoms with E-state index < -0.39 is 48.4 Å². The Balaban J connectivity index is 1.51. The lowest BCUT2D eigenvalue weighted by Crippen LogP contribution is -2.24. The molecule has 9 heteroatoms. The smallest absolute Gasteiger partial charge is 0.399 e. The van der Waals surface area contributed by atoms with Crippen LogP contribution in [-0.4, -0.2) is 12.5 Å². The molecular weight excluding hydrogens is 489 g/mol. The summed E-state index contributed by atoms with van der Waals surface area (Å²) in [7, 11) is 0. The van der Waals surface area contributed by atoms with Gasteiger partial charge in [0, 0.05) is 0 Å². The van der Waals surface area contributed by atoms with Crippen LogP contribution in [0.3, 0.4) is 0 Å². The molecule has 0 aromatic heterocycles. The van der Waals surface area contributed by atoms with Crippen LogP contribution < -0.4 is 4.74 Å². The molecular formula is C27H29F7O2. The zero-order chi connectivity index (χ0) is 26.3. The summed E-state index contributed by atoms with van der Waals surface area (Å²) in [6.07, 6.45) is 0.751. The topological polar surface area (TPSA) is 18.5 Å². The van der Waals surface area contributed by atoms with E-state index in [-0.39, 0.29) is 0 Å². The van der Waals surface area contributed by atoms with E-state index in [2.05, 4.69) is 21.6 Å². The van der Waals surface area contributed by atoms with Crippen LogP contribution in [-0.2, 0) is 17.8 Å². The monoisotopic (exact) mass is 518 g/mol. The molecule has 0 spiro atoms. The van der Waals surface area contributed by atoms with Gasteiger partial charge in [0.15, 0.2) is 11.6 Å². The first-order valence-corrected chi connectivity index (χ1v) is 11.9. The third-order valence-electron chi connectivity index (χ3n) is 6.41. The summed E-state index contributed by atoms with van der Waals surface area (Å²) in [6, 6.07) is 7.98. The van der Waals surface area contributed by atoms with Gasteiger partial charge in [0.05, 0.1) is 13.0 Å². The van der Waals surface area contributed by atoms with Crippen molar-refractivity contribution in [2.45, 2.75) is 76.9 Å². The Hall–Kier alpha value is -2.55. The minimum Gasteiger partial charge on any atom is -0.399 e. The summed E-state index contributed by atoms with van der Waals surface area (Å²) < 4.78 is 101. The fourth-order valence-electron chi connectivity index (χ4n) is 4.57. The summed E-state index contributed by atoms with van der Waals surface area (Å²) in [5.41, 5.74) is 1.09. The molecule has 0 aliphatic heterocycles. The molecule has 3 rings (SSSR count). The summed E-state index contributed by atoms with van der Waals surface area (Å²) in [4.78, 5) is 0. The number of ether oxygens (including phenoxy) is 2. The highest BCUT2D eigenvalue weighted by atomic mass is 19.4. The van der Waals surface area contributed by atoms with Crippen molar-refractivity contribution in [3.05, 3.63) is 76.9 Å². The molecule has 0 radical (unpaired) electrons. The second kappa shape index (κ2) is 12.1. The van der Waals surface area contributed by atoms with Gasteiger partial charge < -0.3 is 9.47 Å². The van der Waals surface area contributed by atoms with Gasteiger partial charge in [-0.1, -0.05) is 36.4 Å². The van der Waals surface area contributed by atoms with E-state index in [9.17, 15) is 30.7 Å². The van der Waals surface area contributed by atoms with Crippen LogP contribution in [0.15, 0.2) is 48.6 Å². The van der Waals surface area contributed by atoms with Gasteiger partial charge in [-0.15, -0.1) is 13.2 Å². The lowest BCUT2D eigenvalue weighted by molar-refractivity contribution is -0.276. The Morgan fingerprint density at radius 2 is 1.50 bits per heavy atom. The highest BCUT2D eigenvalue weighted by Gasteiger charge is 2.35. The number of allylic oxidation sites excluding steroid dienone is 2. The van der Waals surface area contributed by atoms with E-state index in [0.29, 0.717) is 23.6 Å². The number of alkyl halides is 5. The molecule has 1 aliphatic carbocycles. The van der Waals surface area contributed by atoms with Crippen molar-refractivity contribution in [1.82, 2.24) is 0 Å². The summed E-state index contributed by atoms with van der Waals surface area (Å²) in [5.74, 6) is -3.99. The van der Waals surface area contributed by atoms with Gasteiger partial charge in [-0.05, 0) is 86.1 Å². The van der Waals surface area contributed by atoms with Crippen molar-refractivity contribution in [2.75, 3.05) is 0 Å². The molecule has 36 heavy (non-hydrogen) atoms. The van der Waals surface area contributed by atoms with Crippen molar-refractivity contribution in [3.63, 3.8) is 0 Å². The van der Waals surface area contributed by atoms with Crippen molar-refractivity contribution in [2.24, 2.45) is 5.92 Å². The van der Waals surface area contributed by atoms with Crippen LogP contribution in [0.25, 0.3) is 0 Å². The quantitative estimate of drug-likeness (QED) is 0.231. The minimum absolute atomic E-state index is 0.367. The standard InChI is InChI=1S/C27H29F7O2/c1-2-3-4-5-18-6-10-21(11-7-18)22-12-8-19(9-13-22)17-35-26(30,31)16-20-14-23(28)25(24(29)15-20)36-27(32,33)34/h2-3,8-9,12-15,18,21H,4-7,10-11,16-17H2,1H3/b3-2+. The van der Waals surface area contributed by atoms with Crippen LogP contribution in [0.4, 0.5) is 30.7 Å². The van der Waals surface area contributed by atoms with Gasteiger partial charge in [0.25, 0.3) is 0 Å². The summed E-state index contributed by atoms with van der Waals surface area (Å²) >= 11 is 0. The first-order valence-electron chi connectivity index (χ1n) is 11.9. The van der Waals surface area contributed by atoms with Gasteiger partial charge in [-0.25, -0.2) is 8.78 Å². The van der Waals surface area contributed by atoms with Crippen LogP contribution in [0.5, 0.6) is 5.75 Å². The molecule has 2 aromatic rings. The predicted octanol–water partition coefficient (Wildman–Crippen LogP) is 8.85. The molecule has 0 saturated heterocycles. The summed E-state index contributed by atoms with van der Waals surface area (Å²) in [6.45, 7) is 1.58. The van der Waals surface area contributed by atoms with E-state index in [1.165, 1.54) is 19.3 Å². The van der Waals surface area contributed by atoms with Crippen molar-refractivity contribution in [1.29, 1.82) is 0 Å². The number of hydrogen-bond acceptors (Lipinski definition) is 2. The molecule has 0 bridgehead atoms. The van der Waals surface area contributed by atoms with Gasteiger partial charge in [0.2, 0.25) is 5.75 Å². The lowest BCUT2D eigenvalue weighted by atomic mass is 9.77. The molecule has 0 atom stereocenters. The van der Waals surface area contributed by atoms with Crippen molar-refractivity contribution in [3.8, 4) is 5.75 Å². The maximum Gasteiger partial charge on any atom is 0.573 e. The molecule has 0 heterocycles. The number of rotatable bonds is 10. The number of hydrogen-bond donors (Lipinski definition) is 0. The molecule has 1 fully saturated rings. The molecule has 2 nitrogen and oxygen atoms in total. The molecule has 0 amide bonds. The normalized spacial score (nSPS) is 19.1. The molecule has 198 valence electrons. The average Bonchev–Trinajstić information content (AvgIpc) is 2.80. The Morgan fingerprint density at radius 3 is 2.06 bits per heavy atom. The Kier molecular flexibility index (Phi) is 9.44. The number of benzene rings is 2. The predicted molar refractivity (Wildman–Crippen MR) is 122 cm³/mol. The van der Waals surface area contributed by atoms with E-state index >= 15 is 0 Å². The van der Waals surface area contributed by atoms with Crippen LogP contribution in [0.2, 0.25) is 0 Å². The van der Waals surface area contributed by atoms with Crippen molar-refractivity contribution >= 4 is 0 Å². The SMILES string of the molecule is C/C=C/CCC1CCC(c2ccc(COC(F)(F)Cc3cc(F)c(OC(F)(F)F)c(F)c3)cc2)CC1. The van der Waals surface area contributed by atoms with E-state index in [1.54, 1.807) is 12.1 Å². The number of halogens is 7. The van der Waals surface area contributed by atoms with Gasteiger partial charge in [-0.2, -0.15) is 8.78 Å². The first kappa shape index (κ1) is 28.0.